The summed E-state index contributed by atoms with van der Waals surface area (Å²) in [6, 6.07) is 7.32. The van der Waals surface area contributed by atoms with Gasteiger partial charge in [0.1, 0.15) is 5.82 Å². The molecule has 1 aliphatic heterocycles. The molecule has 3 aromatic rings. The number of aliphatic imine (C=N–C) groups is 1. The highest BCUT2D eigenvalue weighted by Gasteiger charge is 2.21. The van der Waals surface area contributed by atoms with Crippen LogP contribution >= 0.6 is 0 Å². The summed E-state index contributed by atoms with van der Waals surface area (Å²) in [5.41, 5.74) is 11.9. The standard InChI is InChI=1S/C19H17N5O2/c1-24-10-14(9-22-24)13-6-15(18(20)21-8-13)17-7-12-5-11(19(25)26-2)3-4-16(12)23-17/h3-6,8-10H,7H2,1-2H3,(H2,20,21). The molecule has 2 N–H and O–H groups in total. The van der Waals surface area contributed by atoms with Crippen molar-refractivity contribution in [2.75, 3.05) is 12.8 Å². The number of ether oxygens (including phenoxy) is 1. The van der Waals surface area contributed by atoms with Crippen LogP contribution < -0.4 is 5.73 Å². The van der Waals surface area contributed by atoms with Crippen molar-refractivity contribution in [3.05, 3.63) is 59.5 Å². The molecule has 4 rings (SSSR count). The fourth-order valence-electron chi connectivity index (χ4n) is 3.04. The van der Waals surface area contributed by atoms with Crippen molar-refractivity contribution in [2.45, 2.75) is 6.42 Å². The zero-order chi connectivity index (χ0) is 18.3. The molecule has 0 amide bonds. The van der Waals surface area contributed by atoms with Gasteiger partial charge in [-0.25, -0.2) is 9.78 Å². The number of esters is 1. The molecule has 2 aromatic heterocycles. The lowest BCUT2D eigenvalue weighted by atomic mass is 10.0. The van der Waals surface area contributed by atoms with Crippen molar-refractivity contribution in [3.8, 4) is 11.1 Å². The molecule has 0 saturated heterocycles. The van der Waals surface area contributed by atoms with Crippen molar-refractivity contribution >= 4 is 23.2 Å². The predicted octanol–water partition coefficient (Wildman–Crippen LogP) is 2.53. The molecular weight excluding hydrogens is 330 g/mol. The maximum atomic E-state index is 11.7. The van der Waals surface area contributed by atoms with Crippen molar-refractivity contribution < 1.29 is 9.53 Å². The van der Waals surface area contributed by atoms with E-state index in [1.165, 1.54) is 7.11 Å². The van der Waals surface area contributed by atoms with E-state index in [4.69, 9.17) is 10.5 Å². The van der Waals surface area contributed by atoms with E-state index in [9.17, 15) is 4.79 Å². The molecule has 0 aliphatic carbocycles. The zero-order valence-electron chi connectivity index (χ0n) is 14.4. The molecule has 0 atom stereocenters. The van der Waals surface area contributed by atoms with Crippen LogP contribution in [0.25, 0.3) is 11.1 Å². The van der Waals surface area contributed by atoms with Gasteiger partial charge in [-0.3, -0.25) is 9.67 Å². The molecule has 1 aliphatic rings. The molecule has 7 heteroatoms. The quantitative estimate of drug-likeness (QED) is 0.735. The molecule has 0 fully saturated rings. The zero-order valence-corrected chi connectivity index (χ0v) is 14.4. The van der Waals surface area contributed by atoms with Gasteiger partial charge in [0.25, 0.3) is 0 Å². The Bertz CT molecular complexity index is 1050. The number of hydrogen-bond donors (Lipinski definition) is 1. The van der Waals surface area contributed by atoms with Gasteiger partial charge in [0.15, 0.2) is 0 Å². The van der Waals surface area contributed by atoms with Gasteiger partial charge >= 0.3 is 5.97 Å². The highest BCUT2D eigenvalue weighted by atomic mass is 16.5. The largest absolute Gasteiger partial charge is 0.465 e. The Morgan fingerprint density at radius 1 is 1.23 bits per heavy atom. The van der Waals surface area contributed by atoms with E-state index in [-0.39, 0.29) is 5.97 Å². The van der Waals surface area contributed by atoms with Crippen LogP contribution in [0, 0.1) is 0 Å². The molecule has 3 heterocycles. The van der Waals surface area contributed by atoms with Gasteiger partial charge in [-0.15, -0.1) is 0 Å². The molecule has 130 valence electrons. The van der Waals surface area contributed by atoms with Crippen LogP contribution in [0.5, 0.6) is 0 Å². The molecule has 0 spiro atoms. The normalized spacial score (nSPS) is 12.6. The Balaban J connectivity index is 1.69. The van der Waals surface area contributed by atoms with E-state index in [1.807, 2.05) is 31.4 Å². The first-order chi connectivity index (χ1) is 12.5. The molecule has 7 nitrogen and oxygen atoms in total. The lowest BCUT2D eigenvalue weighted by molar-refractivity contribution is 0.0600. The SMILES string of the molecule is COC(=O)c1ccc2c(c1)CC(c1cc(-c3cnn(C)c3)cnc1N)=N2. The first kappa shape index (κ1) is 16.0. The Morgan fingerprint density at radius 2 is 2.08 bits per heavy atom. The average molecular weight is 347 g/mol. The second-order valence-corrected chi connectivity index (χ2v) is 6.13. The van der Waals surface area contributed by atoms with Gasteiger partial charge in [-0.2, -0.15) is 5.10 Å². The highest BCUT2D eigenvalue weighted by Crippen LogP contribution is 2.32. The van der Waals surface area contributed by atoms with E-state index in [0.717, 1.165) is 33.7 Å². The number of nitrogens with zero attached hydrogens (tertiary/aromatic N) is 4. The van der Waals surface area contributed by atoms with Crippen LogP contribution in [0.3, 0.4) is 0 Å². The number of rotatable bonds is 3. The molecular formula is C19H17N5O2. The molecule has 1 aromatic carbocycles. The maximum Gasteiger partial charge on any atom is 0.337 e. The van der Waals surface area contributed by atoms with Crippen molar-refractivity contribution in [1.29, 1.82) is 0 Å². The van der Waals surface area contributed by atoms with Crippen LogP contribution in [0.2, 0.25) is 0 Å². The molecule has 0 radical (unpaired) electrons. The van der Waals surface area contributed by atoms with Gasteiger partial charge in [0, 0.05) is 42.6 Å². The Hall–Kier alpha value is -3.48. The number of aromatic nitrogens is 3. The third kappa shape index (κ3) is 2.73. The van der Waals surface area contributed by atoms with Crippen LogP contribution in [0.1, 0.15) is 21.5 Å². The number of carbonyl (C=O) groups excluding carboxylic acids is 1. The predicted molar refractivity (Wildman–Crippen MR) is 98.5 cm³/mol. The van der Waals surface area contributed by atoms with Gasteiger partial charge in [0.2, 0.25) is 0 Å². The van der Waals surface area contributed by atoms with Gasteiger partial charge in [-0.1, -0.05) is 0 Å². The summed E-state index contributed by atoms with van der Waals surface area (Å²) < 4.78 is 6.52. The number of fused-ring (bicyclic) bond motifs is 1. The van der Waals surface area contributed by atoms with Gasteiger partial charge in [-0.05, 0) is 29.8 Å². The highest BCUT2D eigenvalue weighted by molar-refractivity contribution is 6.10. The first-order valence-corrected chi connectivity index (χ1v) is 8.09. The number of aryl methyl sites for hydroxylation is 1. The number of carbonyl (C=O) groups is 1. The topological polar surface area (TPSA) is 95.4 Å². The number of methoxy groups -OCH3 is 1. The number of pyridine rings is 1. The third-order valence-electron chi connectivity index (χ3n) is 4.38. The number of hydrogen-bond acceptors (Lipinski definition) is 6. The van der Waals surface area contributed by atoms with E-state index < -0.39 is 0 Å². The van der Waals surface area contributed by atoms with Crippen molar-refractivity contribution in [3.63, 3.8) is 0 Å². The first-order valence-electron chi connectivity index (χ1n) is 8.09. The molecule has 26 heavy (non-hydrogen) atoms. The minimum absolute atomic E-state index is 0.360. The minimum Gasteiger partial charge on any atom is -0.465 e. The lowest BCUT2D eigenvalue weighted by Gasteiger charge is -2.07. The fraction of sp³-hybridized carbons (Fsp3) is 0.158. The lowest BCUT2D eigenvalue weighted by Crippen LogP contribution is -2.07. The molecule has 0 unspecified atom stereocenters. The molecule has 0 saturated carbocycles. The summed E-state index contributed by atoms with van der Waals surface area (Å²) in [6.45, 7) is 0. The summed E-state index contributed by atoms with van der Waals surface area (Å²) in [5, 5.41) is 4.19. The van der Waals surface area contributed by atoms with Crippen molar-refractivity contribution in [2.24, 2.45) is 12.0 Å². The van der Waals surface area contributed by atoms with Crippen LogP contribution in [-0.4, -0.2) is 33.6 Å². The van der Waals surface area contributed by atoms with Crippen LogP contribution in [-0.2, 0) is 18.2 Å². The Morgan fingerprint density at radius 3 is 2.81 bits per heavy atom. The summed E-state index contributed by atoms with van der Waals surface area (Å²) in [7, 11) is 3.24. The number of benzene rings is 1. The fourth-order valence-corrected chi connectivity index (χ4v) is 3.04. The minimum atomic E-state index is -0.360. The number of anilines is 1. The van der Waals surface area contributed by atoms with Gasteiger partial charge < -0.3 is 10.5 Å². The Labute approximate surface area is 150 Å². The van der Waals surface area contributed by atoms with E-state index >= 15 is 0 Å². The van der Waals surface area contributed by atoms with E-state index in [1.54, 1.807) is 23.1 Å². The molecule has 0 bridgehead atoms. The summed E-state index contributed by atoms with van der Waals surface area (Å²) in [6.07, 6.45) is 6.02. The van der Waals surface area contributed by atoms with Crippen LogP contribution in [0.15, 0.2) is 47.8 Å². The smallest absolute Gasteiger partial charge is 0.337 e. The Kier molecular flexibility index (Phi) is 3.76. The summed E-state index contributed by atoms with van der Waals surface area (Å²) >= 11 is 0. The maximum absolute atomic E-state index is 11.7. The number of nitrogen functional groups attached to an aromatic ring is 1. The van der Waals surface area contributed by atoms with E-state index in [0.29, 0.717) is 17.8 Å². The van der Waals surface area contributed by atoms with E-state index in [2.05, 4.69) is 15.1 Å². The van der Waals surface area contributed by atoms with Gasteiger partial charge in [0.05, 0.1) is 30.3 Å². The third-order valence-corrected chi connectivity index (χ3v) is 4.38. The average Bonchev–Trinajstić information content (AvgIpc) is 3.26. The number of nitrogens with two attached hydrogens (primary N) is 1. The van der Waals surface area contributed by atoms with Crippen molar-refractivity contribution in [1.82, 2.24) is 14.8 Å². The second-order valence-electron chi connectivity index (χ2n) is 6.13. The summed E-state index contributed by atoms with van der Waals surface area (Å²) in [4.78, 5) is 20.7. The van der Waals surface area contributed by atoms with Crippen LogP contribution in [0.4, 0.5) is 11.5 Å². The second kappa shape index (κ2) is 6.11. The monoisotopic (exact) mass is 347 g/mol. The summed E-state index contributed by atoms with van der Waals surface area (Å²) in [5.74, 6) is 0.0680.